The summed E-state index contributed by atoms with van der Waals surface area (Å²) >= 11 is 0. The molecule has 3 aromatic carbocycles. The molecule has 0 aliphatic heterocycles. The van der Waals surface area contributed by atoms with Crippen molar-refractivity contribution in [1.82, 2.24) is 9.97 Å². The summed E-state index contributed by atoms with van der Waals surface area (Å²) in [5.74, 6) is 1.07. The van der Waals surface area contributed by atoms with Gasteiger partial charge in [0.2, 0.25) is 5.95 Å². The highest BCUT2D eigenvalue weighted by molar-refractivity contribution is 5.84. The highest BCUT2D eigenvalue weighted by atomic mass is 15.3. The van der Waals surface area contributed by atoms with Gasteiger partial charge >= 0.3 is 0 Å². The Bertz CT molecular complexity index is 1170. The number of fused-ring (bicyclic) bond motifs is 1. The number of H-pyrrole nitrogens is 1. The van der Waals surface area contributed by atoms with Crippen molar-refractivity contribution in [2.24, 2.45) is 15.3 Å². The molecule has 150 valence electrons. The lowest BCUT2D eigenvalue weighted by molar-refractivity contribution is 1.10. The van der Waals surface area contributed by atoms with Crippen LogP contribution in [-0.4, -0.2) is 15.8 Å². The maximum Gasteiger partial charge on any atom is 0.247 e. The lowest BCUT2D eigenvalue weighted by atomic mass is 10.0. The number of rotatable bonds is 6. The summed E-state index contributed by atoms with van der Waals surface area (Å²) in [6.45, 7) is 4.04. The quantitative estimate of drug-likeness (QED) is 0.172. The average molecular weight is 396 g/mol. The van der Waals surface area contributed by atoms with Crippen LogP contribution in [0, 0.1) is 6.92 Å². The fraction of sp³-hybridized carbons (Fsp3) is 0.167. The second kappa shape index (κ2) is 9.13. The van der Waals surface area contributed by atoms with E-state index >= 15 is 0 Å². The van der Waals surface area contributed by atoms with E-state index in [1.54, 1.807) is 0 Å². The van der Waals surface area contributed by atoms with Gasteiger partial charge in [-0.3, -0.25) is 5.43 Å². The summed E-state index contributed by atoms with van der Waals surface area (Å²) < 4.78 is 0. The molecular weight excluding hydrogens is 372 g/mol. The van der Waals surface area contributed by atoms with Gasteiger partial charge in [-0.2, -0.15) is 5.10 Å². The van der Waals surface area contributed by atoms with Gasteiger partial charge in [0.1, 0.15) is 0 Å². The Balaban J connectivity index is 1.52. The van der Waals surface area contributed by atoms with Crippen LogP contribution in [0.5, 0.6) is 0 Å². The molecule has 1 heterocycles. The SMILES string of the molecule is CC/C(N=Nc1nc2c(Cc3ccccc3)cccc2[nH]1)=N\Nc1ccc(C)cc1. The van der Waals surface area contributed by atoms with Crippen molar-refractivity contribution in [3.63, 3.8) is 0 Å². The second-order valence-electron chi connectivity index (χ2n) is 7.10. The van der Waals surface area contributed by atoms with E-state index in [0.717, 1.165) is 28.7 Å². The first-order valence-corrected chi connectivity index (χ1v) is 10.0. The molecule has 30 heavy (non-hydrogen) atoms. The molecule has 6 heteroatoms. The first kappa shape index (κ1) is 19.5. The number of imidazole rings is 1. The van der Waals surface area contributed by atoms with Crippen LogP contribution in [0.2, 0.25) is 0 Å². The number of aryl methyl sites for hydroxylation is 1. The van der Waals surface area contributed by atoms with Crippen LogP contribution in [0.15, 0.2) is 88.1 Å². The number of nitrogens with one attached hydrogen (secondary N) is 2. The number of anilines is 1. The second-order valence-corrected chi connectivity index (χ2v) is 7.10. The molecule has 0 bridgehead atoms. The number of aromatic amines is 1. The lowest BCUT2D eigenvalue weighted by Crippen LogP contribution is -1.97. The van der Waals surface area contributed by atoms with Gasteiger partial charge in [0.05, 0.1) is 16.7 Å². The van der Waals surface area contributed by atoms with Crippen molar-refractivity contribution in [2.45, 2.75) is 26.7 Å². The third-order valence-electron chi connectivity index (χ3n) is 4.76. The van der Waals surface area contributed by atoms with Crippen LogP contribution >= 0.6 is 0 Å². The summed E-state index contributed by atoms with van der Waals surface area (Å²) in [5, 5.41) is 12.9. The van der Waals surface area contributed by atoms with Crippen molar-refractivity contribution in [3.05, 3.63) is 89.5 Å². The Morgan fingerprint density at radius 2 is 1.77 bits per heavy atom. The summed E-state index contributed by atoms with van der Waals surface area (Å²) in [7, 11) is 0. The normalized spacial score (nSPS) is 12.0. The number of hydrazone groups is 1. The number of azo groups is 1. The number of nitrogens with zero attached hydrogens (tertiary/aromatic N) is 4. The molecule has 0 saturated carbocycles. The standard InChI is InChI=1S/C24H24N6/c1-3-22(28-27-20-14-12-17(2)13-15-20)29-30-24-25-21-11-7-10-19(23(21)26-24)16-18-8-5-4-6-9-18/h4-15,27H,3,16H2,1-2H3,(H,25,26)/b28-22+,30-29?. The first-order chi connectivity index (χ1) is 14.7. The molecule has 0 fully saturated rings. The number of benzene rings is 3. The van der Waals surface area contributed by atoms with E-state index in [0.29, 0.717) is 18.2 Å². The van der Waals surface area contributed by atoms with E-state index < -0.39 is 0 Å². The number of amidine groups is 1. The Hall–Kier alpha value is -3.80. The smallest absolute Gasteiger partial charge is 0.247 e. The zero-order valence-corrected chi connectivity index (χ0v) is 17.1. The van der Waals surface area contributed by atoms with Crippen LogP contribution < -0.4 is 5.43 Å². The molecule has 0 aliphatic carbocycles. The number of para-hydroxylation sites is 1. The topological polar surface area (TPSA) is 77.8 Å². The minimum Gasteiger partial charge on any atom is -0.321 e. The number of hydrogen-bond donors (Lipinski definition) is 2. The predicted octanol–water partition coefficient (Wildman–Crippen LogP) is 6.38. The summed E-state index contributed by atoms with van der Waals surface area (Å²) in [6, 6.07) is 24.5. The first-order valence-electron chi connectivity index (χ1n) is 10.0. The fourth-order valence-electron chi connectivity index (χ4n) is 3.12. The maximum atomic E-state index is 4.65. The highest BCUT2D eigenvalue weighted by Gasteiger charge is 2.08. The van der Waals surface area contributed by atoms with Crippen LogP contribution in [0.25, 0.3) is 11.0 Å². The van der Waals surface area contributed by atoms with E-state index in [4.69, 9.17) is 0 Å². The molecular formula is C24H24N6. The molecule has 0 unspecified atom stereocenters. The highest BCUT2D eigenvalue weighted by Crippen LogP contribution is 2.22. The zero-order valence-electron chi connectivity index (χ0n) is 17.1. The van der Waals surface area contributed by atoms with Crippen LogP contribution in [-0.2, 0) is 6.42 Å². The summed E-state index contributed by atoms with van der Waals surface area (Å²) in [4.78, 5) is 7.89. The summed E-state index contributed by atoms with van der Waals surface area (Å²) in [5.41, 5.74) is 9.42. The predicted molar refractivity (Wildman–Crippen MR) is 122 cm³/mol. The molecule has 0 spiro atoms. The Morgan fingerprint density at radius 3 is 2.53 bits per heavy atom. The number of hydrogen-bond acceptors (Lipinski definition) is 4. The van der Waals surface area contributed by atoms with Gasteiger partial charge in [0, 0.05) is 6.42 Å². The van der Waals surface area contributed by atoms with E-state index in [2.05, 4.69) is 68.0 Å². The Kier molecular flexibility index (Phi) is 5.94. The van der Waals surface area contributed by atoms with Gasteiger partial charge in [-0.1, -0.05) is 67.1 Å². The van der Waals surface area contributed by atoms with Gasteiger partial charge in [-0.05, 0) is 42.7 Å². The molecule has 2 N–H and O–H groups in total. The molecule has 0 amide bonds. The zero-order chi connectivity index (χ0) is 20.8. The number of aromatic nitrogens is 2. The van der Waals surface area contributed by atoms with Crippen molar-refractivity contribution >= 4 is 28.5 Å². The van der Waals surface area contributed by atoms with Gasteiger partial charge in [-0.15, -0.1) is 10.2 Å². The third kappa shape index (κ3) is 4.78. The lowest BCUT2D eigenvalue weighted by Gasteiger charge is -2.02. The Labute approximate surface area is 175 Å². The van der Waals surface area contributed by atoms with Crippen molar-refractivity contribution < 1.29 is 0 Å². The van der Waals surface area contributed by atoms with E-state index in [9.17, 15) is 0 Å². The van der Waals surface area contributed by atoms with Crippen LogP contribution in [0.4, 0.5) is 11.6 Å². The summed E-state index contributed by atoms with van der Waals surface area (Å²) in [6.07, 6.45) is 1.48. The van der Waals surface area contributed by atoms with Gasteiger partial charge < -0.3 is 4.98 Å². The molecule has 6 nitrogen and oxygen atoms in total. The van der Waals surface area contributed by atoms with Crippen LogP contribution in [0.3, 0.4) is 0 Å². The monoisotopic (exact) mass is 396 g/mol. The van der Waals surface area contributed by atoms with Gasteiger partial charge in [-0.25, -0.2) is 4.98 Å². The van der Waals surface area contributed by atoms with Crippen LogP contribution in [0.1, 0.15) is 30.0 Å². The third-order valence-corrected chi connectivity index (χ3v) is 4.76. The maximum absolute atomic E-state index is 4.65. The van der Waals surface area contributed by atoms with E-state index in [1.807, 2.05) is 49.4 Å². The van der Waals surface area contributed by atoms with Crippen molar-refractivity contribution in [3.8, 4) is 0 Å². The largest absolute Gasteiger partial charge is 0.321 e. The molecule has 4 rings (SSSR count). The minimum absolute atomic E-state index is 0.474. The minimum atomic E-state index is 0.474. The molecule has 0 radical (unpaired) electrons. The van der Waals surface area contributed by atoms with Gasteiger partial charge in [0.15, 0.2) is 5.84 Å². The van der Waals surface area contributed by atoms with E-state index in [1.165, 1.54) is 11.1 Å². The molecule has 1 aromatic heterocycles. The molecule has 4 aromatic rings. The van der Waals surface area contributed by atoms with Crippen molar-refractivity contribution in [2.75, 3.05) is 5.43 Å². The van der Waals surface area contributed by atoms with Gasteiger partial charge in [0.25, 0.3) is 0 Å². The van der Waals surface area contributed by atoms with E-state index in [-0.39, 0.29) is 0 Å². The molecule has 0 aliphatic rings. The average Bonchev–Trinajstić information content (AvgIpc) is 3.20. The molecule has 0 saturated heterocycles. The Morgan fingerprint density at radius 1 is 0.967 bits per heavy atom. The van der Waals surface area contributed by atoms with Crippen molar-refractivity contribution in [1.29, 1.82) is 0 Å². The fourth-order valence-corrected chi connectivity index (χ4v) is 3.12. The molecule has 0 atom stereocenters.